The van der Waals surface area contributed by atoms with Gasteiger partial charge in [-0.3, -0.25) is 4.18 Å². The first-order valence-electron chi connectivity index (χ1n) is 9.31. The van der Waals surface area contributed by atoms with Gasteiger partial charge in [-0.1, -0.05) is 22.3 Å². The molecule has 0 unspecified atom stereocenters. The molecule has 31 heavy (non-hydrogen) atoms. The van der Waals surface area contributed by atoms with Gasteiger partial charge in [0.25, 0.3) is 0 Å². The van der Waals surface area contributed by atoms with Crippen LogP contribution in [0.3, 0.4) is 0 Å². The molecule has 0 aliphatic carbocycles. The molecule has 172 valence electrons. The summed E-state index contributed by atoms with van der Waals surface area (Å²) in [4.78, 5) is 1.25. The minimum Gasteiger partial charge on any atom is -0.490 e. The van der Waals surface area contributed by atoms with Gasteiger partial charge in [0, 0.05) is 21.7 Å². The highest BCUT2D eigenvalue weighted by Crippen LogP contribution is 2.34. The largest absolute Gasteiger partial charge is 0.512 e. The number of fused-ring (bicyclic) bond motifs is 1. The second-order valence-corrected chi connectivity index (χ2v) is 12.2. The molecule has 0 radical (unpaired) electrons. The van der Waals surface area contributed by atoms with E-state index in [9.17, 15) is 30.0 Å². The molecule has 3 rings (SSSR count). The van der Waals surface area contributed by atoms with E-state index in [1.165, 1.54) is 24.2 Å². The second-order valence-electron chi connectivity index (χ2n) is 6.73. The molecule has 13 heteroatoms. The number of hydrogen-bond acceptors (Lipinski definition) is 6. The Kier molecular flexibility index (Phi) is 7.41. The zero-order chi connectivity index (χ0) is 22.7. The average molecular weight is 501 g/mol. The van der Waals surface area contributed by atoms with Gasteiger partial charge < -0.3 is 4.74 Å². The van der Waals surface area contributed by atoms with Gasteiger partial charge in [-0.25, -0.2) is 8.42 Å². The van der Waals surface area contributed by atoms with Crippen LogP contribution >= 0.6 is 0 Å². The fourth-order valence-electron chi connectivity index (χ4n) is 3.17. The Morgan fingerprint density at radius 1 is 0.903 bits per heavy atom. The van der Waals surface area contributed by atoms with E-state index in [4.69, 9.17) is 4.74 Å². The molecule has 0 aromatic heterocycles. The number of rotatable bonds is 8. The standard InChI is InChI=1S/C18H21F3NO6S3/c19-18(20,21)30(23,24)22-31(25,26)28-11-10-27-16-8-9-17(29-12-4-1-5-13-29)15-7-3-2-6-14(15)16/h2-3,6-9,22H,1,4-5,10-13H2/q+1. The first-order chi connectivity index (χ1) is 14.5. The summed E-state index contributed by atoms with van der Waals surface area (Å²) < 4.78 is 92.0. The number of hydrogen-bond donors (Lipinski definition) is 1. The summed E-state index contributed by atoms with van der Waals surface area (Å²) in [6.45, 7) is -0.995. The van der Waals surface area contributed by atoms with E-state index in [0.717, 1.165) is 22.3 Å². The van der Waals surface area contributed by atoms with Crippen molar-refractivity contribution in [3.63, 3.8) is 0 Å². The van der Waals surface area contributed by atoms with Crippen LogP contribution in [0.4, 0.5) is 13.2 Å². The Bertz CT molecular complexity index is 1130. The number of benzene rings is 2. The summed E-state index contributed by atoms with van der Waals surface area (Å²) in [5.74, 6) is 2.75. The minimum atomic E-state index is -6.09. The van der Waals surface area contributed by atoms with Crippen molar-refractivity contribution in [2.24, 2.45) is 0 Å². The molecular weight excluding hydrogens is 479 g/mol. The van der Waals surface area contributed by atoms with Crippen molar-refractivity contribution in [1.82, 2.24) is 4.13 Å². The zero-order valence-electron chi connectivity index (χ0n) is 16.2. The molecule has 2 aromatic rings. The molecule has 0 atom stereocenters. The van der Waals surface area contributed by atoms with Crippen LogP contribution in [0, 0.1) is 0 Å². The molecule has 1 heterocycles. The van der Waals surface area contributed by atoms with Crippen LogP contribution in [0.1, 0.15) is 19.3 Å². The van der Waals surface area contributed by atoms with Crippen LogP contribution < -0.4 is 8.86 Å². The summed E-state index contributed by atoms with van der Waals surface area (Å²) in [5.41, 5.74) is -5.78. The van der Waals surface area contributed by atoms with Crippen molar-refractivity contribution in [3.05, 3.63) is 36.4 Å². The molecule has 1 fully saturated rings. The number of sulfonamides is 1. The Morgan fingerprint density at radius 3 is 2.19 bits per heavy atom. The second kappa shape index (κ2) is 9.53. The number of nitrogens with one attached hydrogen (secondary N) is 1. The van der Waals surface area contributed by atoms with Crippen LogP contribution in [0.2, 0.25) is 0 Å². The average Bonchev–Trinajstić information content (AvgIpc) is 2.70. The molecule has 0 saturated carbocycles. The molecule has 1 saturated heterocycles. The van der Waals surface area contributed by atoms with Crippen LogP contribution in [0.15, 0.2) is 41.3 Å². The summed E-state index contributed by atoms with van der Waals surface area (Å²) in [6.07, 6.45) is 3.63. The third kappa shape index (κ3) is 6.04. The van der Waals surface area contributed by atoms with Gasteiger partial charge in [-0.15, -0.1) is 0 Å². The predicted octanol–water partition coefficient (Wildman–Crippen LogP) is 3.08. The third-order valence-electron chi connectivity index (χ3n) is 4.53. The highest BCUT2D eigenvalue weighted by Gasteiger charge is 2.48. The van der Waals surface area contributed by atoms with Crippen molar-refractivity contribution in [2.75, 3.05) is 24.7 Å². The monoisotopic (exact) mass is 500 g/mol. The van der Waals surface area contributed by atoms with E-state index in [2.05, 4.69) is 4.18 Å². The molecule has 1 aliphatic heterocycles. The normalized spacial score (nSPS) is 16.5. The lowest BCUT2D eigenvalue weighted by Crippen LogP contribution is -2.41. The molecule has 7 nitrogen and oxygen atoms in total. The number of halogens is 3. The van der Waals surface area contributed by atoms with Crippen molar-refractivity contribution in [3.8, 4) is 5.75 Å². The molecule has 2 aromatic carbocycles. The van der Waals surface area contributed by atoms with Gasteiger partial charge in [0.1, 0.15) is 30.5 Å². The summed E-state index contributed by atoms with van der Waals surface area (Å²) in [5, 5.41) is 1.87. The van der Waals surface area contributed by atoms with Crippen LogP contribution in [-0.2, 0) is 35.4 Å². The minimum absolute atomic E-state index is 0.156. The topological polar surface area (TPSA) is 98.8 Å². The Hall–Kier alpha value is -1.54. The predicted molar refractivity (Wildman–Crippen MR) is 112 cm³/mol. The van der Waals surface area contributed by atoms with Crippen LogP contribution in [0.5, 0.6) is 5.75 Å². The highest BCUT2D eigenvalue weighted by molar-refractivity contribution is 8.03. The Labute approximate surface area is 181 Å². The molecule has 0 bridgehead atoms. The molecule has 1 aliphatic rings. The maximum atomic E-state index is 12.3. The fraction of sp³-hybridized carbons (Fsp3) is 0.444. The van der Waals surface area contributed by atoms with Gasteiger partial charge in [-0.05, 0) is 37.5 Å². The molecule has 0 amide bonds. The first-order valence-corrected chi connectivity index (χ1v) is 13.8. The van der Waals surface area contributed by atoms with E-state index in [-0.39, 0.29) is 17.5 Å². The first kappa shape index (κ1) is 24.1. The highest BCUT2D eigenvalue weighted by atomic mass is 32.3. The fourth-order valence-corrected chi connectivity index (χ4v) is 7.61. The van der Waals surface area contributed by atoms with Crippen molar-refractivity contribution < 1.29 is 38.9 Å². The molecular formula is C18H21F3NO6S3+. The maximum Gasteiger partial charge on any atom is 0.512 e. The van der Waals surface area contributed by atoms with Crippen molar-refractivity contribution in [2.45, 2.75) is 29.7 Å². The maximum absolute atomic E-state index is 12.3. The van der Waals surface area contributed by atoms with E-state index in [1.807, 2.05) is 30.3 Å². The van der Waals surface area contributed by atoms with Gasteiger partial charge in [-0.2, -0.15) is 21.6 Å². The number of ether oxygens (including phenoxy) is 1. The summed E-state index contributed by atoms with van der Waals surface area (Å²) >= 11 is 0. The smallest absolute Gasteiger partial charge is 0.490 e. The van der Waals surface area contributed by atoms with Crippen LogP contribution in [-0.4, -0.2) is 47.1 Å². The third-order valence-corrected chi connectivity index (χ3v) is 9.85. The molecule has 1 N–H and O–H groups in total. The lowest BCUT2D eigenvalue weighted by Gasteiger charge is -2.16. The Morgan fingerprint density at radius 2 is 1.55 bits per heavy atom. The van der Waals surface area contributed by atoms with E-state index >= 15 is 0 Å². The summed E-state index contributed by atoms with van der Waals surface area (Å²) in [7, 11) is -11.1. The van der Waals surface area contributed by atoms with E-state index in [0.29, 0.717) is 9.88 Å². The number of alkyl halides is 3. The van der Waals surface area contributed by atoms with Gasteiger partial charge >= 0.3 is 25.8 Å². The van der Waals surface area contributed by atoms with E-state index in [1.54, 1.807) is 6.07 Å². The van der Waals surface area contributed by atoms with E-state index < -0.39 is 32.4 Å². The lowest BCUT2D eigenvalue weighted by atomic mass is 10.1. The van der Waals surface area contributed by atoms with Gasteiger partial charge in [0.05, 0.1) is 0 Å². The zero-order valence-corrected chi connectivity index (χ0v) is 18.7. The van der Waals surface area contributed by atoms with Gasteiger partial charge in [0.2, 0.25) is 0 Å². The summed E-state index contributed by atoms with van der Waals surface area (Å²) in [6, 6.07) is 11.4. The van der Waals surface area contributed by atoms with Crippen molar-refractivity contribution >= 4 is 42.0 Å². The Balaban J connectivity index is 1.65. The van der Waals surface area contributed by atoms with Gasteiger partial charge in [0.15, 0.2) is 4.90 Å². The van der Waals surface area contributed by atoms with Crippen LogP contribution in [0.25, 0.3) is 10.8 Å². The lowest BCUT2D eigenvalue weighted by molar-refractivity contribution is -0.0442. The quantitative estimate of drug-likeness (QED) is 0.442. The SMILES string of the molecule is O=S(=O)(NS(=O)(=O)C(F)(F)F)OCCOc1ccc([S+]2CCCCC2)c2ccccc12. The molecule has 0 spiro atoms. The van der Waals surface area contributed by atoms with Crippen molar-refractivity contribution in [1.29, 1.82) is 0 Å².